The third-order valence-electron chi connectivity index (χ3n) is 2.28. The quantitative estimate of drug-likeness (QED) is 0.861. The van der Waals surface area contributed by atoms with Crippen molar-refractivity contribution in [2.24, 2.45) is 5.92 Å². The Hall–Kier alpha value is -1.85. The lowest BCUT2D eigenvalue weighted by Crippen LogP contribution is -2.35. The van der Waals surface area contributed by atoms with Gasteiger partial charge in [-0.3, -0.25) is 9.59 Å². The van der Waals surface area contributed by atoms with Gasteiger partial charge in [0, 0.05) is 19.5 Å². The van der Waals surface area contributed by atoms with Crippen molar-refractivity contribution in [2.45, 2.75) is 27.2 Å². The minimum Gasteiger partial charge on any atom is -0.360 e. The van der Waals surface area contributed by atoms with Crippen LogP contribution in [0.5, 0.6) is 0 Å². The molecule has 0 saturated heterocycles. The Kier molecular flexibility index (Phi) is 4.88. The van der Waals surface area contributed by atoms with Gasteiger partial charge in [0.1, 0.15) is 5.76 Å². The molecule has 1 N–H and O–H groups in total. The van der Waals surface area contributed by atoms with Gasteiger partial charge in [0.2, 0.25) is 11.8 Å². The second kappa shape index (κ2) is 6.18. The van der Waals surface area contributed by atoms with Gasteiger partial charge in [-0.25, -0.2) is 0 Å². The predicted octanol–water partition coefficient (Wildman–Crippen LogP) is 1.43. The monoisotopic (exact) mass is 253 g/mol. The van der Waals surface area contributed by atoms with E-state index in [1.807, 2.05) is 13.8 Å². The highest BCUT2D eigenvalue weighted by Gasteiger charge is 2.15. The number of anilines is 1. The van der Waals surface area contributed by atoms with Crippen LogP contribution in [0.1, 0.15) is 26.0 Å². The maximum atomic E-state index is 11.7. The molecular weight excluding hydrogens is 234 g/mol. The fraction of sp³-hybridized carbons (Fsp3) is 0.583. The lowest BCUT2D eigenvalue weighted by atomic mass is 10.1. The van der Waals surface area contributed by atoms with Crippen LogP contribution < -0.4 is 5.32 Å². The maximum absolute atomic E-state index is 11.7. The van der Waals surface area contributed by atoms with E-state index in [1.165, 1.54) is 4.90 Å². The predicted molar refractivity (Wildman–Crippen MR) is 67.0 cm³/mol. The van der Waals surface area contributed by atoms with Crippen LogP contribution in [-0.2, 0) is 9.59 Å². The first-order chi connectivity index (χ1) is 8.38. The zero-order chi connectivity index (χ0) is 13.7. The topological polar surface area (TPSA) is 75.4 Å². The Labute approximate surface area is 106 Å². The summed E-state index contributed by atoms with van der Waals surface area (Å²) < 4.78 is 4.83. The van der Waals surface area contributed by atoms with Crippen LogP contribution in [-0.4, -0.2) is 35.5 Å². The number of nitrogens with one attached hydrogen (secondary N) is 1. The highest BCUT2D eigenvalue weighted by atomic mass is 16.5. The molecule has 0 aliphatic carbocycles. The Morgan fingerprint density at radius 2 is 2.17 bits per heavy atom. The first-order valence-corrected chi connectivity index (χ1v) is 5.85. The van der Waals surface area contributed by atoms with Gasteiger partial charge in [-0.05, 0) is 12.8 Å². The molecule has 6 nitrogen and oxygen atoms in total. The molecule has 1 aromatic rings. The number of hydrogen-bond acceptors (Lipinski definition) is 4. The SMILES string of the molecule is Cc1cc(NC(=O)CN(C)C(=O)CC(C)C)no1. The highest BCUT2D eigenvalue weighted by Crippen LogP contribution is 2.07. The van der Waals surface area contributed by atoms with E-state index in [4.69, 9.17) is 4.52 Å². The van der Waals surface area contributed by atoms with E-state index in [-0.39, 0.29) is 24.3 Å². The third kappa shape index (κ3) is 4.57. The fourth-order valence-electron chi connectivity index (χ4n) is 1.42. The van der Waals surface area contributed by atoms with Crippen molar-refractivity contribution in [3.8, 4) is 0 Å². The van der Waals surface area contributed by atoms with Crippen molar-refractivity contribution in [2.75, 3.05) is 18.9 Å². The minimum absolute atomic E-state index is 0.0114. The first kappa shape index (κ1) is 14.2. The summed E-state index contributed by atoms with van der Waals surface area (Å²) in [6.07, 6.45) is 0.437. The average Bonchev–Trinajstić information content (AvgIpc) is 2.62. The van der Waals surface area contributed by atoms with Crippen LogP contribution in [0.25, 0.3) is 0 Å². The number of likely N-dealkylation sites (N-methyl/N-ethyl adjacent to an activating group) is 1. The molecule has 0 aromatic carbocycles. The van der Waals surface area contributed by atoms with Gasteiger partial charge >= 0.3 is 0 Å². The second-order valence-electron chi connectivity index (χ2n) is 4.72. The number of aromatic nitrogens is 1. The number of aryl methyl sites for hydroxylation is 1. The molecule has 0 aliphatic rings. The fourth-order valence-corrected chi connectivity index (χ4v) is 1.42. The summed E-state index contributed by atoms with van der Waals surface area (Å²) in [6.45, 7) is 5.67. The Balaban J connectivity index is 2.42. The van der Waals surface area contributed by atoms with Gasteiger partial charge < -0.3 is 14.7 Å². The molecule has 0 spiro atoms. The summed E-state index contributed by atoms with van der Waals surface area (Å²) in [6, 6.07) is 1.62. The normalized spacial score (nSPS) is 10.5. The van der Waals surface area contributed by atoms with Crippen molar-refractivity contribution in [3.63, 3.8) is 0 Å². The second-order valence-corrected chi connectivity index (χ2v) is 4.72. The minimum atomic E-state index is -0.289. The smallest absolute Gasteiger partial charge is 0.245 e. The molecule has 6 heteroatoms. The summed E-state index contributed by atoms with van der Waals surface area (Å²) >= 11 is 0. The summed E-state index contributed by atoms with van der Waals surface area (Å²) in [5.74, 6) is 0.928. The average molecular weight is 253 g/mol. The number of carbonyl (C=O) groups is 2. The third-order valence-corrected chi connectivity index (χ3v) is 2.28. The number of nitrogens with zero attached hydrogens (tertiary/aromatic N) is 2. The molecule has 18 heavy (non-hydrogen) atoms. The molecule has 1 rings (SSSR count). The Morgan fingerprint density at radius 1 is 1.50 bits per heavy atom. The van der Waals surface area contributed by atoms with E-state index in [0.717, 1.165) is 0 Å². The molecule has 1 aromatic heterocycles. The number of hydrogen-bond donors (Lipinski definition) is 1. The van der Waals surface area contributed by atoms with Crippen LogP contribution in [0.4, 0.5) is 5.82 Å². The van der Waals surface area contributed by atoms with Gasteiger partial charge in [-0.2, -0.15) is 0 Å². The molecule has 0 radical (unpaired) electrons. The van der Waals surface area contributed by atoms with Gasteiger partial charge in [0.15, 0.2) is 5.82 Å². The van der Waals surface area contributed by atoms with Crippen LogP contribution in [0.3, 0.4) is 0 Å². The van der Waals surface area contributed by atoms with E-state index in [9.17, 15) is 9.59 Å². The summed E-state index contributed by atoms with van der Waals surface area (Å²) in [4.78, 5) is 24.7. The van der Waals surface area contributed by atoms with E-state index in [2.05, 4.69) is 10.5 Å². The molecule has 2 amide bonds. The van der Waals surface area contributed by atoms with Crippen molar-refractivity contribution >= 4 is 17.6 Å². The number of amides is 2. The number of rotatable bonds is 5. The van der Waals surface area contributed by atoms with Crippen molar-refractivity contribution < 1.29 is 14.1 Å². The maximum Gasteiger partial charge on any atom is 0.245 e. The summed E-state index contributed by atoms with van der Waals surface area (Å²) in [5.41, 5.74) is 0. The molecule has 0 aliphatic heterocycles. The Morgan fingerprint density at radius 3 is 2.67 bits per heavy atom. The standard InChI is InChI=1S/C12H19N3O3/c1-8(2)5-12(17)15(4)7-11(16)13-10-6-9(3)18-14-10/h6,8H,5,7H2,1-4H3,(H,13,14,16). The highest BCUT2D eigenvalue weighted by molar-refractivity contribution is 5.93. The van der Waals surface area contributed by atoms with Crippen molar-refractivity contribution in [3.05, 3.63) is 11.8 Å². The van der Waals surface area contributed by atoms with Crippen LogP contribution in [0, 0.1) is 12.8 Å². The zero-order valence-corrected chi connectivity index (χ0v) is 11.2. The Bertz CT molecular complexity index is 426. The molecule has 0 bridgehead atoms. The van der Waals surface area contributed by atoms with E-state index in [0.29, 0.717) is 18.0 Å². The largest absolute Gasteiger partial charge is 0.360 e. The van der Waals surface area contributed by atoms with Crippen LogP contribution in [0.2, 0.25) is 0 Å². The molecule has 0 fully saturated rings. The molecule has 100 valence electrons. The molecular formula is C12H19N3O3. The molecule has 1 heterocycles. The van der Waals surface area contributed by atoms with Gasteiger partial charge in [0.25, 0.3) is 0 Å². The summed E-state index contributed by atoms with van der Waals surface area (Å²) in [5, 5.41) is 6.21. The van der Waals surface area contributed by atoms with E-state index in [1.54, 1.807) is 20.0 Å². The lowest BCUT2D eigenvalue weighted by molar-refractivity contribution is -0.133. The number of carbonyl (C=O) groups excluding carboxylic acids is 2. The van der Waals surface area contributed by atoms with Crippen LogP contribution in [0.15, 0.2) is 10.6 Å². The van der Waals surface area contributed by atoms with Gasteiger partial charge in [-0.1, -0.05) is 19.0 Å². The van der Waals surface area contributed by atoms with Crippen LogP contribution >= 0.6 is 0 Å². The molecule has 0 atom stereocenters. The first-order valence-electron chi connectivity index (χ1n) is 5.85. The van der Waals surface area contributed by atoms with Gasteiger partial charge in [0.05, 0.1) is 6.54 Å². The summed E-state index contributed by atoms with van der Waals surface area (Å²) in [7, 11) is 1.61. The molecule has 0 saturated carbocycles. The van der Waals surface area contributed by atoms with Crippen molar-refractivity contribution in [1.82, 2.24) is 10.1 Å². The van der Waals surface area contributed by atoms with E-state index >= 15 is 0 Å². The zero-order valence-electron chi connectivity index (χ0n) is 11.2. The van der Waals surface area contributed by atoms with Gasteiger partial charge in [-0.15, -0.1) is 0 Å². The van der Waals surface area contributed by atoms with Crippen molar-refractivity contribution in [1.29, 1.82) is 0 Å². The van der Waals surface area contributed by atoms with E-state index < -0.39 is 0 Å². The lowest BCUT2D eigenvalue weighted by Gasteiger charge is -2.17. The molecule has 0 unspecified atom stereocenters.